The first-order valence-electron chi connectivity index (χ1n) is 6.95. The Morgan fingerprint density at radius 1 is 1.42 bits per heavy atom. The molecule has 1 aromatic carbocycles. The van der Waals surface area contributed by atoms with E-state index in [1.807, 2.05) is 11.0 Å². The van der Waals surface area contributed by atoms with E-state index in [0.29, 0.717) is 18.2 Å². The lowest BCUT2D eigenvalue weighted by molar-refractivity contribution is 0.242. The zero-order chi connectivity index (χ0) is 13.5. The molecular weight excluding hydrogens is 241 g/mol. The van der Waals surface area contributed by atoms with Crippen LogP contribution in [0.25, 0.3) is 0 Å². The molecule has 1 atom stereocenters. The number of hydrogen-bond acceptors (Lipinski definition) is 3. The van der Waals surface area contributed by atoms with Gasteiger partial charge < -0.3 is 10.6 Å². The Bertz CT molecular complexity index is 510. The molecule has 1 aromatic rings. The van der Waals surface area contributed by atoms with Crippen LogP contribution in [0.2, 0.25) is 0 Å². The van der Waals surface area contributed by atoms with Gasteiger partial charge in [0.1, 0.15) is 5.82 Å². The van der Waals surface area contributed by atoms with Gasteiger partial charge >= 0.3 is 0 Å². The van der Waals surface area contributed by atoms with E-state index in [0.717, 1.165) is 12.3 Å². The lowest BCUT2D eigenvalue weighted by atomic mass is 9.76. The van der Waals surface area contributed by atoms with Crippen molar-refractivity contribution in [1.82, 2.24) is 0 Å². The van der Waals surface area contributed by atoms with Crippen LogP contribution < -0.4 is 10.6 Å². The number of guanidine groups is 1. The average Bonchev–Trinajstić information content (AvgIpc) is 2.62. The predicted octanol–water partition coefficient (Wildman–Crippen LogP) is 2.91. The fourth-order valence-corrected chi connectivity index (χ4v) is 3.19. The van der Waals surface area contributed by atoms with Gasteiger partial charge in [0.05, 0.1) is 17.8 Å². The van der Waals surface area contributed by atoms with Crippen molar-refractivity contribution >= 4 is 11.6 Å². The molecule has 1 heterocycles. The summed E-state index contributed by atoms with van der Waals surface area (Å²) in [5.74, 6) is 0.940. The van der Waals surface area contributed by atoms with Crippen molar-refractivity contribution in [2.75, 3.05) is 11.4 Å². The summed E-state index contributed by atoms with van der Waals surface area (Å²) < 4.78 is 14.0. The molecule has 0 bridgehead atoms. The van der Waals surface area contributed by atoms with Crippen molar-refractivity contribution < 1.29 is 4.39 Å². The van der Waals surface area contributed by atoms with E-state index >= 15 is 0 Å². The largest absolute Gasteiger partial charge is 0.369 e. The Morgan fingerprint density at radius 2 is 2.16 bits per heavy atom. The fraction of sp³-hybridized carbons (Fsp3) is 0.533. The summed E-state index contributed by atoms with van der Waals surface area (Å²) in [5, 5.41) is 0. The highest BCUT2D eigenvalue weighted by Gasteiger charge is 2.42. The molecule has 3 nitrogen and oxygen atoms in total. The third-order valence-electron chi connectivity index (χ3n) is 4.40. The number of anilines is 1. The van der Waals surface area contributed by atoms with Crippen LogP contribution >= 0.6 is 0 Å². The molecule has 0 spiro atoms. The van der Waals surface area contributed by atoms with E-state index in [4.69, 9.17) is 5.73 Å². The van der Waals surface area contributed by atoms with Gasteiger partial charge in [-0.25, -0.2) is 4.39 Å². The van der Waals surface area contributed by atoms with Crippen molar-refractivity contribution in [3.8, 4) is 0 Å². The first kappa shape index (κ1) is 12.5. The summed E-state index contributed by atoms with van der Waals surface area (Å²) in [6.45, 7) is 2.80. The van der Waals surface area contributed by atoms with Gasteiger partial charge in [-0.3, -0.25) is 4.99 Å². The van der Waals surface area contributed by atoms with Crippen LogP contribution in [0.4, 0.5) is 10.1 Å². The molecule has 4 heteroatoms. The lowest BCUT2D eigenvalue weighted by Crippen LogP contribution is -2.51. The van der Waals surface area contributed by atoms with E-state index in [2.05, 4.69) is 11.9 Å². The summed E-state index contributed by atoms with van der Waals surface area (Å²) in [4.78, 5) is 6.24. The Kier molecular flexibility index (Phi) is 2.96. The Morgan fingerprint density at radius 3 is 2.79 bits per heavy atom. The molecule has 102 valence electrons. The molecular formula is C15H20FN3. The summed E-state index contributed by atoms with van der Waals surface area (Å²) in [5.41, 5.74) is 6.36. The Hall–Kier alpha value is -1.58. The Balaban J connectivity index is 1.91. The third kappa shape index (κ3) is 2.09. The molecule has 3 rings (SSSR count). The number of nitrogens with zero attached hydrogens (tertiary/aromatic N) is 2. The predicted molar refractivity (Wildman–Crippen MR) is 75.7 cm³/mol. The van der Waals surface area contributed by atoms with Crippen LogP contribution in [0.3, 0.4) is 0 Å². The van der Waals surface area contributed by atoms with E-state index in [-0.39, 0.29) is 11.4 Å². The molecule has 0 aromatic heterocycles. The second-order valence-electron chi connectivity index (χ2n) is 5.96. The molecule has 19 heavy (non-hydrogen) atoms. The summed E-state index contributed by atoms with van der Waals surface area (Å²) in [7, 11) is 0. The van der Waals surface area contributed by atoms with Gasteiger partial charge in [-0.15, -0.1) is 0 Å². The molecule has 1 unspecified atom stereocenters. The van der Waals surface area contributed by atoms with Gasteiger partial charge in [0.25, 0.3) is 0 Å². The number of halogens is 1. The molecule has 0 saturated heterocycles. The molecule has 1 saturated carbocycles. The van der Waals surface area contributed by atoms with E-state index in [1.54, 1.807) is 12.1 Å². The Labute approximate surface area is 113 Å². The monoisotopic (exact) mass is 261 g/mol. The molecule has 0 radical (unpaired) electrons. The topological polar surface area (TPSA) is 41.6 Å². The van der Waals surface area contributed by atoms with Gasteiger partial charge in [-0.05, 0) is 31.4 Å². The minimum atomic E-state index is -0.234. The number of para-hydroxylation sites is 1. The van der Waals surface area contributed by atoms with E-state index < -0.39 is 0 Å². The molecule has 0 amide bonds. The first-order valence-corrected chi connectivity index (χ1v) is 6.95. The van der Waals surface area contributed by atoms with Crippen LogP contribution in [0.1, 0.15) is 32.6 Å². The maximum absolute atomic E-state index is 14.0. The van der Waals surface area contributed by atoms with Crippen molar-refractivity contribution in [3.63, 3.8) is 0 Å². The van der Waals surface area contributed by atoms with Gasteiger partial charge in [0, 0.05) is 0 Å². The first-order chi connectivity index (χ1) is 9.10. The standard InChI is InChI=1S/C15H20FN3/c1-15(9-11-5-4-6-11)10-18-14(17)19(15)13-8-3-2-7-12(13)16/h2-3,7-8,11H,4-6,9-10H2,1H3,(H2,17,18). The fourth-order valence-electron chi connectivity index (χ4n) is 3.19. The van der Waals surface area contributed by atoms with Crippen LogP contribution in [0.5, 0.6) is 0 Å². The third-order valence-corrected chi connectivity index (χ3v) is 4.40. The van der Waals surface area contributed by atoms with Crippen molar-refractivity contribution in [2.24, 2.45) is 16.6 Å². The van der Waals surface area contributed by atoms with Crippen molar-refractivity contribution in [2.45, 2.75) is 38.1 Å². The number of aliphatic imine (C=N–C) groups is 1. The zero-order valence-electron chi connectivity index (χ0n) is 11.3. The van der Waals surface area contributed by atoms with Crippen LogP contribution in [-0.4, -0.2) is 18.0 Å². The highest BCUT2D eigenvalue weighted by Crippen LogP contribution is 2.40. The second kappa shape index (κ2) is 4.51. The maximum atomic E-state index is 14.0. The summed E-state index contributed by atoms with van der Waals surface area (Å²) in [6.07, 6.45) is 4.91. The van der Waals surface area contributed by atoms with Gasteiger partial charge in [0.2, 0.25) is 0 Å². The van der Waals surface area contributed by atoms with E-state index in [1.165, 1.54) is 25.3 Å². The quantitative estimate of drug-likeness (QED) is 0.909. The molecule has 2 N–H and O–H groups in total. The SMILES string of the molecule is CC1(CC2CCC2)CN=C(N)N1c1ccccc1F. The molecule has 1 aliphatic carbocycles. The van der Waals surface area contributed by atoms with Crippen LogP contribution in [-0.2, 0) is 0 Å². The van der Waals surface area contributed by atoms with Crippen molar-refractivity contribution in [3.05, 3.63) is 30.1 Å². The van der Waals surface area contributed by atoms with Gasteiger partial charge in [0.15, 0.2) is 5.96 Å². The number of nitrogens with two attached hydrogens (primary N) is 1. The molecule has 2 aliphatic rings. The minimum absolute atomic E-state index is 0.183. The minimum Gasteiger partial charge on any atom is -0.369 e. The highest BCUT2D eigenvalue weighted by molar-refractivity contribution is 5.98. The number of hydrogen-bond donors (Lipinski definition) is 1. The molecule has 1 fully saturated rings. The smallest absolute Gasteiger partial charge is 0.196 e. The molecule has 1 aliphatic heterocycles. The summed E-state index contributed by atoms with van der Waals surface area (Å²) in [6, 6.07) is 6.80. The normalized spacial score (nSPS) is 27.3. The number of benzene rings is 1. The average molecular weight is 261 g/mol. The van der Waals surface area contributed by atoms with Crippen molar-refractivity contribution in [1.29, 1.82) is 0 Å². The number of rotatable bonds is 3. The van der Waals surface area contributed by atoms with Gasteiger partial charge in [-0.1, -0.05) is 31.4 Å². The maximum Gasteiger partial charge on any atom is 0.196 e. The van der Waals surface area contributed by atoms with Crippen LogP contribution in [0.15, 0.2) is 29.3 Å². The lowest BCUT2D eigenvalue weighted by Gasteiger charge is -2.41. The summed E-state index contributed by atoms with van der Waals surface area (Å²) >= 11 is 0. The van der Waals surface area contributed by atoms with Gasteiger partial charge in [-0.2, -0.15) is 0 Å². The second-order valence-corrected chi connectivity index (χ2v) is 5.96. The zero-order valence-corrected chi connectivity index (χ0v) is 11.3. The highest BCUT2D eigenvalue weighted by atomic mass is 19.1. The van der Waals surface area contributed by atoms with Crippen LogP contribution in [0, 0.1) is 11.7 Å². The van der Waals surface area contributed by atoms with E-state index in [9.17, 15) is 4.39 Å².